The Morgan fingerprint density at radius 1 is 0.675 bits per heavy atom. The van der Waals surface area contributed by atoms with E-state index in [2.05, 4.69) is 40.7 Å². The van der Waals surface area contributed by atoms with E-state index >= 15 is 0 Å². The van der Waals surface area contributed by atoms with Crippen LogP contribution in [0.3, 0.4) is 0 Å². The normalized spacial score (nSPS) is 56.2. The average Bonchev–Trinajstić information content (AvgIpc) is 3.99. The smallest absolute Gasteiger partial charge is 0.315 e. The van der Waals surface area contributed by atoms with Gasteiger partial charge in [0.05, 0.1) is 38.1 Å². The number of fused-ring (bicyclic) bond motifs is 7. The highest BCUT2D eigenvalue weighted by Gasteiger charge is 2.76. The summed E-state index contributed by atoms with van der Waals surface area (Å²) in [4.78, 5) is 26.7. The molecule has 4 saturated carbocycles. The Labute approximate surface area is 446 Å². The van der Waals surface area contributed by atoms with Gasteiger partial charge >= 0.3 is 11.9 Å². The maximum atomic E-state index is 13.9. The molecule has 10 rings (SSSR count). The van der Waals surface area contributed by atoms with Gasteiger partial charge in [0.25, 0.3) is 0 Å². The molecule has 5 aliphatic carbocycles. The zero-order valence-electron chi connectivity index (χ0n) is 44.6. The van der Waals surface area contributed by atoms with Crippen LogP contribution in [0.1, 0.15) is 99.8 Å². The first-order valence-corrected chi connectivity index (χ1v) is 27.4. The molecule has 30 atom stereocenters. The van der Waals surface area contributed by atoms with Gasteiger partial charge in [-0.15, -0.1) is 0 Å². The second-order valence-electron chi connectivity index (χ2n) is 25.8. The van der Waals surface area contributed by atoms with Crippen molar-refractivity contribution in [2.45, 2.75) is 235 Å². The van der Waals surface area contributed by atoms with Gasteiger partial charge in [0.2, 0.25) is 0 Å². The van der Waals surface area contributed by atoms with Gasteiger partial charge in [0, 0.05) is 12.3 Å². The number of rotatable bonds is 11. The monoisotopic (exact) mass is 1100 g/mol. The molecular weight excluding hydrogens is 1020 g/mol. The van der Waals surface area contributed by atoms with Gasteiger partial charge in [-0.05, 0) is 92.3 Å². The Morgan fingerprint density at radius 2 is 1.31 bits per heavy atom. The predicted molar refractivity (Wildman–Crippen MR) is 257 cm³/mol. The highest BCUT2D eigenvalue weighted by Crippen LogP contribution is 2.77. The molecule has 5 heterocycles. The molecule has 0 aromatic heterocycles. The van der Waals surface area contributed by atoms with Gasteiger partial charge in [-0.25, -0.2) is 0 Å². The van der Waals surface area contributed by atoms with E-state index in [-0.39, 0.29) is 30.1 Å². The molecule has 5 aliphatic heterocycles. The van der Waals surface area contributed by atoms with Crippen molar-refractivity contribution in [2.24, 2.45) is 50.2 Å². The fourth-order valence-electron chi connectivity index (χ4n) is 16.7. The number of esters is 1. The van der Waals surface area contributed by atoms with Crippen molar-refractivity contribution in [2.75, 3.05) is 19.8 Å². The van der Waals surface area contributed by atoms with Crippen LogP contribution in [-0.2, 0) is 52.2 Å². The number of carboxylic acids is 1. The van der Waals surface area contributed by atoms with Crippen LogP contribution in [0.2, 0.25) is 0 Å². The van der Waals surface area contributed by atoms with Gasteiger partial charge < -0.3 is 109 Å². The van der Waals surface area contributed by atoms with E-state index in [0.29, 0.717) is 32.1 Å². The zero-order chi connectivity index (χ0) is 56.0. The molecule has 77 heavy (non-hydrogen) atoms. The summed E-state index contributed by atoms with van der Waals surface area (Å²) in [6, 6.07) is 0. The Morgan fingerprint density at radius 3 is 2.00 bits per heavy atom. The van der Waals surface area contributed by atoms with Crippen molar-refractivity contribution in [1.29, 1.82) is 0 Å². The Bertz CT molecular complexity index is 2230. The summed E-state index contributed by atoms with van der Waals surface area (Å²) in [6.45, 7) is 12.2. The number of carbonyl (C=O) groups is 2. The summed E-state index contributed by atoms with van der Waals surface area (Å²) < 4.78 is 54.3. The van der Waals surface area contributed by atoms with Crippen molar-refractivity contribution in [1.82, 2.24) is 0 Å². The molecule has 24 heteroatoms. The molecule has 2 unspecified atom stereocenters. The molecule has 0 aromatic carbocycles. The fraction of sp³-hybridized carbons (Fsp3) is 0.925. The van der Waals surface area contributed by atoms with Crippen LogP contribution < -0.4 is 0 Å². The van der Waals surface area contributed by atoms with Crippen molar-refractivity contribution >= 4 is 11.9 Å². The van der Waals surface area contributed by atoms with E-state index in [1.807, 2.05) is 0 Å². The van der Waals surface area contributed by atoms with Crippen molar-refractivity contribution in [3.05, 3.63) is 11.6 Å². The summed E-state index contributed by atoms with van der Waals surface area (Å²) >= 11 is 0. The maximum Gasteiger partial charge on any atom is 0.315 e. The standard InChI is InChI=1S/C53H82O24/c1-20-31(57)36(62)40(76-42-38(64)32(58)23(55)18-69-42)44(71-20)70-19-25-34(60)37(63)41(77-43-39(65)35(61)33(59)24(17-54)72-43)45(73-25)74-29-11-12-49(4)26(48(29,2)3)10-13-51(6)27(49)9-8-21-22-14-50(5,46(66)67)30-16-53(22,47(68)75-30)28(56)15-52(21,51)7/h8,20,22-45,54-65H,9-19H2,1-7H3,(H,66,67)/t20-,22+,23-,24-,25-,26?,27?,28-,29+,30+,31+,32+,33-,34-,35+,36+,37+,38-,39-,40-,41-,42+,43+,44-,45+,49+,50-,51-,52-,53-/m1/s1. The van der Waals surface area contributed by atoms with E-state index in [4.69, 9.17) is 42.6 Å². The Kier molecular flexibility index (Phi) is 15.3. The second kappa shape index (κ2) is 20.3. The van der Waals surface area contributed by atoms with Crippen LogP contribution >= 0.6 is 0 Å². The fourth-order valence-corrected chi connectivity index (χ4v) is 16.7. The second-order valence-corrected chi connectivity index (χ2v) is 25.8. The van der Waals surface area contributed by atoms with Gasteiger partial charge in [-0.2, -0.15) is 0 Å². The van der Waals surface area contributed by atoms with Gasteiger partial charge in [-0.3, -0.25) is 9.59 Å². The quantitative estimate of drug-likeness (QED) is 0.0587. The number of aliphatic hydroxyl groups is 12. The number of ether oxygens (including phenoxy) is 9. The average molecular weight is 1100 g/mol. The number of carbonyl (C=O) groups excluding carboxylic acids is 1. The van der Waals surface area contributed by atoms with E-state index in [1.165, 1.54) is 6.92 Å². The minimum absolute atomic E-state index is 0.0102. The first-order valence-electron chi connectivity index (χ1n) is 27.4. The van der Waals surface area contributed by atoms with Crippen molar-refractivity contribution in [3.63, 3.8) is 0 Å². The zero-order valence-corrected chi connectivity index (χ0v) is 44.6. The van der Waals surface area contributed by atoms with Crippen molar-refractivity contribution < 1.29 is 119 Å². The Balaban J connectivity index is 0.912. The van der Waals surface area contributed by atoms with Crippen LogP contribution in [-0.4, -0.2) is 233 Å². The van der Waals surface area contributed by atoms with Crippen LogP contribution in [0.25, 0.3) is 0 Å². The van der Waals surface area contributed by atoms with E-state index in [1.54, 1.807) is 6.92 Å². The van der Waals surface area contributed by atoms with E-state index in [9.17, 15) is 76.0 Å². The number of allylic oxidation sites excluding steroid dienone is 2. The summed E-state index contributed by atoms with van der Waals surface area (Å²) in [5, 5.41) is 142. The number of hydrogen-bond acceptors (Lipinski definition) is 23. The third-order valence-corrected chi connectivity index (χ3v) is 21.7. The summed E-state index contributed by atoms with van der Waals surface area (Å²) in [5.41, 5.74) is -3.51. The topological polar surface area (TPSA) is 380 Å². The first-order chi connectivity index (χ1) is 36.0. The summed E-state index contributed by atoms with van der Waals surface area (Å²) in [6.07, 6.45) is -27.6. The first kappa shape index (κ1) is 58.1. The molecule has 438 valence electrons. The highest BCUT2D eigenvalue weighted by atomic mass is 16.8. The lowest BCUT2D eigenvalue weighted by Gasteiger charge is -2.71. The molecule has 1 spiro atoms. The summed E-state index contributed by atoms with van der Waals surface area (Å²) in [7, 11) is 0. The maximum absolute atomic E-state index is 13.9. The molecule has 13 N–H and O–H groups in total. The van der Waals surface area contributed by atoms with Gasteiger partial charge in [0.1, 0.15) is 102 Å². The minimum Gasteiger partial charge on any atom is -0.481 e. The van der Waals surface area contributed by atoms with E-state index in [0.717, 1.165) is 12.0 Å². The third-order valence-electron chi connectivity index (χ3n) is 21.7. The number of carboxylic acid groups (broad SMARTS) is 1. The van der Waals surface area contributed by atoms with Gasteiger partial charge in [0.15, 0.2) is 25.2 Å². The van der Waals surface area contributed by atoms with E-state index < -0.39 is 200 Å². The number of hydrogen-bond donors (Lipinski definition) is 13. The lowest BCUT2D eigenvalue weighted by Crippen LogP contribution is -2.68. The number of aliphatic carboxylic acids is 1. The highest BCUT2D eigenvalue weighted by molar-refractivity contribution is 5.85. The van der Waals surface area contributed by atoms with Crippen molar-refractivity contribution in [3.8, 4) is 0 Å². The lowest BCUT2D eigenvalue weighted by atomic mass is 9.33. The third kappa shape index (κ3) is 8.75. The lowest BCUT2D eigenvalue weighted by molar-refractivity contribution is -0.385. The summed E-state index contributed by atoms with van der Waals surface area (Å²) in [5.74, 6) is -2.03. The van der Waals surface area contributed by atoms with Crippen LogP contribution in [0, 0.1) is 50.2 Å². The van der Waals surface area contributed by atoms with Crippen LogP contribution in [0.5, 0.6) is 0 Å². The minimum atomic E-state index is -1.91. The molecule has 2 bridgehead atoms. The molecule has 0 amide bonds. The predicted octanol–water partition coefficient (Wildman–Crippen LogP) is -2.32. The molecule has 24 nitrogen and oxygen atoms in total. The largest absolute Gasteiger partial charge is 0.481 e. The number of aliphatic hydroxyl groups excluding tert-OH is 12. The molecule has 9 fully saturated rings. The molecule has 0 aromatic rings. The Hall–Kier alpha value is -2.12. The van der Waals surface area contributed by atoms with Crippen LogP contribution in [0.4, 0.5) is 0 Å². The van der Waals surface area contributed by atoms with Crippen LogP contribution in [0.15, 0.2) is 11.6 Å². The molecule has 0 radical (unpaired) electrons. The van der Waals surface area contributed by atoms with Gasteiger partial charge in [-0.1, -0.05) is 46.3 Å². The molecule has 10 aliphatic rings. The molecule has 5 saturated heterocycles. The SMILES string of the molecule is C[C@H]1O[C@@H](OC[C@H]2O[C@@H](O[C@H]3CC[C@@]4(C)C(CC[C@]5(C)C4CC=C4[C@@H]6C[C@@](C)(C(=O)O)[C@@H]7C[C@]6(C(=O)O7)[C@H](O)C[C@]45C)C3(C)C)[C@H](O[C@@H]3O[C@H](CO)[C@@H](O)[C@H](O)[C@H]3O)[C@@H](O)[C@@H]2O)[C@H](O[C@@H]2OC[C@@H](O)[C@H](O)[C@H]2O)[C@@H](O)[C@H]1O. The molecular formula is C53H82O24.